The Labute approximate surface area is 191 Å². The zero-order valence-electron chi connectivity index (χ0n) is 19.0. The lowest BCUT2D eigenvalue weighted by atomic mass is 10.1. The number of aryl methyl sites for hydroxylation is 3. The van der Waals surface area contributed by atoms with Crippen LogP contribution in [0.1, 0.15) is 16.7 Å². The highest BCUT2D eigenvalue weighted by molar-refractivity contribution is 5.63. The Morgan fingerprint density at radius 3 is 2.45 bits per heavy atom. The molecular weight excluding hydrogens is 419 g/mol. The van der Waals surface area contributed by atoms with Gasteiger partial charge in [0.15, 0.2) is 11.6 Å². The zero-order valence-corrected chi connectivity index (χ0v) is 19.0. The van der Waals surface area contributed by atoms with E-state index >= 15 is 0 Å². The quantitative estimate of drug-likeness (QED) is 0.418. The maximum atomic E-state index is 14.4. The molecular formula is C26H25FN4O2. The number of aromatic nitrogens is 3. The van der Waals surface area contributed by atoms with Gasteiger partial charge in [-0.25, -0.2) is 4.39 Å². The minimum absolute atomic E-state index is 0.0297. The monoisotopic (exact) mass is 444 g/mol. The van der Waals surface area contributed by atoms with Crippen molar-refractivity contribution in [1.29, 1.82) is 0 Å². The molecule has 7 heteroatoms. The summed E-state index contributed by atoms with van der Waals surface area (Å²) in [5, 5.41) is 0. The van der Waals surface area contributed by atoms with Gasteiger partial charge >= 0.3 is 6.01 Å². The Kier molecular flexibility index (Phi) is 6.22. The lowest BCUT2D eigenvalue weighted by Gasteiger charge is -2.20. The van der Waals surface area contributed by atoms with E-state index in [0.717, 1.165) is 11.1 Å². The van der Waals surface area contributed by atoms with Crippen LogP contribution >= 0.6 is 0 Å². The molecule has 0 saturated carbocycles. The van der Waals surface area contributed by atoms with Crippen molar-refractivity contribution in [3.05, 3.63) is 99.7 Å². The minimum atomic E-state index is -0.485. The van der Waals surface area contributed by atoms with E-state index in [2.05, 4.69) is 9.97 Å². The van der Waals surface area contributed by atoms with E-state index in [-0.39, 0.29) is 17.3 Å². The number of anilines is 1. The van der Waals surface area contributed by atoms with Gasteiger partial charge in [0.25, 0.3) is 5.56 Å². The van der Waals surface area contributed by atoms with Crippen LogP contribution in [-0.4, -0.2) is 21.6 Å². The van der Waals surface area contributed by atoms with Crippen LogP contribution in [0.5, 0.6) is 11.8 Å². The molecule has 0 aliphatic heterocycles. The number of benzene rings is 2. The molecule has 2 heterocycles. The molecule has 0 saturated heterocycles. The second-order valence-corrected chi connectivity index (χ2v) is 8.05. The van der Waals surface area contributed by atoms with Crippen LogP contribution in [0, 0.1) is 19.7 Å². The largest absolute Gasteiger partial charge is 0.421 e. The van der Waals surface area contributed by atoms with Gasteiger partial charge < -0.3 is 14.2 Å². The molecule has 0 amide bonds. The summed E-state index contributed by atoms with van der Waals surface area (Å²) in [7, 11) is 3.62. The molecule has 2 aromatic heterocycles. The van der Waals surface area contributed by atoms with Crippen LogP contribution in [-0.2, 0) is 13.6 Å². The van der Waals surface area contributed by atoms with Crippen molar-refractivity contribution >= 4 is 5.82 Å². The molecule has 0 aliphatic carbocycles. The summed E-state index contributed by atoms with van der Waals surface area (Å²) in [6.45, 7) is 4.14. The molecule has 4 rings (SSSR count). The van der Waals surface area contributed by atoms with Gasteiger partial charge in [-0.3, -0.25) is 4.79 Å². The summed E-state index contributed by atoms with van der Waals surface area (Å²) in [6.07, 6.45) is 1.72. The Balaban J connectivity index is 1.80. The molecule has 0 bridgehead atoms. The van der Waals surface area contributed by atoms with Crippen LogP contribution in [0.2, 0.25) is 0 Å². The van der Waals surface area contributed by atoms with E-state index in [1.165, 1.54) is 10.6 Å². The number of pyridine rings is 1. The van der Waals surface area contributed by atoms with Crippen LogP contribution < -0.4 is 15.2 Å². The number of hydrogen-bond acceptors (Lipinski definition) is 5. The molecule has 0 fully saturated rings. The van der Waals surface area contributed by atoms with Crippen molar-refractivity contribution in [3.8, 4) is 23.0 Å². The normalized spacial score (nSPS) is 10.8. The van der Waals surface area contributed by atoms with E-state index in [1.54, 1.807) is 45.3 Å². The van der Waals surface area contributed by atoms with Gasteiger partial charge in [0.1, 0.15) is 5.82 Å². The SMILES string of the molecule is Cc1cccc(F)c1Oc1nc(-c2cc(C)c(=O)n(C)c2)cc(N(C)Cc2ccccc2)n1. The van der Waals surface area contributed by atoms with Crippen LogP contribution in [0.15, 0.2) is 71.7 Å². The maximum absolute atomic E-state index is 14.4. The first-order valence-corrected chi connectivity index (χ1v) is 10.6. The Bertz CT molecular complexity index is 1310. The lowest BCUT2D eigenvalue weighted by molar-refractivity contribution is 0.408. The van der Waals surface area contributed by atoms with E-state index in [1.807, 2.05) is 48.3 Å². The highest BCUT2D eigenvalue weighted by Crippen LogP contribution is 2.30. The summed E-state index contributed by atoms with van der Waals surface area (Å²) in [5.41, 5.74) is 3.59. The second-order valence-electron chi connectivity index (χ2n) is 8.05. The van der Waals surface area contributed by atoms with Crippen LogP contribution in [0.25, 0.3) is 11.3 Å². The standard InChI is InChI=1S/C26H25FN4O2/c1-17-9-8-12-21(27)24(17)33-26-28-22(20-13-18(2)25(32)31(4)16-20)14-23(29-26)30(3)15-19-10-6-5-7-11-19/h5-14,16H,15H2,1-4H3. The van der Waals surface area contributed by atoms with Crippen molar-refractivity contribution in [2.75, 3.05) is 11.9 Å². The molecule has 0 spiro atoms. The van der Waals surface area contributed by atoms with Gasteiger partial charge in [-0.1, -0.05) is 42.5 Å². The fraction of sp³-hybridized carbons (Fsp3) is 0.192. The number of halogens is 1. The fourth-order valence-corrected chi connectivity index (χ4v) is 3.60. The molecule has 0 N–H and O–H groups in total. The average Bonchev–Trinajstić information content (AvgIpc) is 2.80. The number of rotatable bonds is 6. The van der Waals surface area contributed by atoms with Gasteiger partial charge in [-0.05, 0) is 37.1 Å². The topological polar surface area (TPSA) is 60.2 Å². The lowest BCUT2D eigenvalue weighted by Crippen LogP contribution is -2.19. The van der Waals surface area contributed by atoms with Gasteiger partial charge in [0.2, 0.25) is 0 Å². The third-order valence-electron chi connectivity index (χ3n) is 5.36. The van der Waals surface area contributed by atoms with Crippen LogP contribution in [0.3, 0.4) is 0 Å². The van der Waals surface area contributed by atoms with E-state index in [0.29, 0.717) is 29.2 Å². The first kappa shape index (κ1) is 22.2. The fourth-order valence-electron chi connectivity index (χ4n) is 3.60. The van der Waals surface area contributed by atoms with Gasteiger partial charge in [-0.2, -0.15) is 9.97 Å². The molecule has 0 radical (unpaired) electrons. The molecule has 33 heavy (non-hydrogen) atoms. The summed E-state index contributed by atoms with van der Waals surface area (Å²) < 4.78 is 21.8. The Hall–Kier alpha value is -4.00. The third-order valence-corrected chi connectivity index (χ3v) is 5.36. The second kappa shape index (κ2) is 9.24. The van der Waals surface area contributed by atoms with Crippen molar-refractivity contribution in [2.24, 2.45) is 7.05 Å². The zero-order chi connectivity index (χ0) is 23.5. The van der Waals surface area contributed by atoms with Crippen molar-refractivity contribution in [1.82, 2.24) is 14.5 Å². The number of ether oxygens (including phenoxy) is 1. The molecule has 2 aromatic carbocycles. The summed E-state index contributed by atoms with van der Waals surface area (Å²) >= 11 is 0. The van der Waals surface area contributed by atoms with Crippen LogP contribution in [0.4, 0.5) is 10.2 Å². The highest BCUT2D eigenvalue weighted by Gasteiger charge is 2.16. The number of para-hydroxylation sites is 1. The number of nitrogens with zero attached hydrogens (tertiary/aromatic N) is 4. The minimum Gasteiger partial charge on any atom is -0.421 e. The summed E-state index contributed by atoms with van der Waals surface area (Å²) in [6, 6.07) is 18.4. The first-order valence-electron chi connectivity index (χ1n) is 10.6. The number of hydrogen-bond donors (Lipinski definition) is 0. The van der Waals surface area contributed by atoms with Gasteiger partial charge in [0, 0.05) is 44.0 Å². The molecule has 168 valence electrons. The van der Waals surface area contributed by atoms with Crippen molar-refractivity contribution in [2.45, 2.75) is 20.4 Å². The summed E-state index contributed by atoms with van der Waals surface area (Å²) in [5.74, 6) is 0.212. The molecule has 6 nitrogen and oxygen atoms in total. The third kappa shape index (κ3) is 4.92. The van der Waals surface area contributed by atoms with Crippen molar-refractivity contribution in [3.63, 3.8) is 0 Å². The predicted molar refractivity (Wildman–Crippen MR) is 127 cm³/mol. The molecule has 4 aromatic rings. The Morgan fingerprint density at radius 2 is 1.76 bits per heavy atom. The Morgan fingerprint density at radius 1 is 1.00 bits per heavy atom. The van der Waals surface area contributed by atoms with E-state index < -0.39 is 5.82 Å². The first-order chi connectivity index (χ1) is 15.8. The van der Waals surface area contributed by atoms with Gasteiger partial charge in [-0.15, -0.1) is 0 Å². The smallest absolute Gasteiger partial charge is 0.324 e. The van der Waals surface area contributed by atoms with Gasteiger partial charge in [0.05, 0.1) is 5.69 Å². The summed E-state index contributed by atoms with van der Waals surface area (Å²) in [4.78, 5) is 23.2. The molecule has 0 unspecified atom stereocenters. The van der Waals surface area contributed by atoms with E-state index in [4.69, 9.17) is 4.74 Å². The highest BCUT2D eigenvalue weighted by atomic mass is 19.1. The maximum Gasteiger partial charge on any atom is 0.324 e. The molecule has 0 aliphatic rings. The average molecular weight is 445 g/mol. The van der Waals surface area contributed by atoms with Crippen molar-refractivity contribution < 1.29 is 9.13 Å². The molecule has 0 atom stereocenters. The van der Waals surface area contributed by atoms with E-state index in [9.17, 15) is 9.18 Å². The predicted octanol–water partition coefficient (Wildman–Crippen LogP) is 5.03.